The van der Waals surface area contributed by atoms with Gasteiger partial charge in [0.05, 0.1) is 4.47 Å². The molecule has 0 aliphatic rings. The molecule has 0 unspecified atom stereocenters. The topological polar surface area (TPSA) is 0 Å². The fourth-order valence-electron chi connectivity index (χ4n) is 2.41. The number of alkyl halides is 2. The van der Waals surface area contributed by atoms with Crippen molar-refractivity contribution < 1.29 is 4.39 Å². The van der Waals surface area contributed by atoms with Crippen LogP contribution >= 0.6 is 47.8 Å². The summed E-state index contributed by atoms with van der Waals surface area (Å²) in [7, 11) is 0. The molecule has 0 saturated heterocycles. The summed E-state index contributed by atoms with van der Waals surface area (Å²) < 4.78 is 14.3. The van der Waals surface area contributed by atoms with Crippen molar-refractivity contribution >= 4 is 47.8 Å². The van der Waals surface area contributed by atoms with Crippen molar-refractivity contribution in [3.05, 3.63) is 69.4 Å². The van der Waals surface area contributed by atoms with Gasteiger partial charge in [0.25, 0.3) is 0 Å². The summed E-state index contributed by atoms with van der Waals surface area (Å²) in [6.07, 6.45) is 0.755. The lowest BCUT2D eigenvalue weighted by Crippen LogP contribution is -2.33. The van der Waals surface area contributed by atoms with E-state index >= 15 is 0 Å². The van der Waals surface area contributed by atoms with Gasteiger partial charge in [0.2, 0.25) is 0 Å². The molecule has 0 atom stereocenters. The number of rotatable bonds is 5. The minimum absolute atomic E-state index is 0.109. The molecule has 0 spiro atoms. The van der Waals surface area contributed by atoms with E-state index in [1.54, 1.807) is 6.07 Å². The predicted octanol–water partition coefficient (Wildman–Crippen LogP) is 6.17. The van der Waals surface area contributed by atoms with Gasteiger partial charge in [0.1, 0.15) is 5.82 Å². The van der Waals surface area contributed by atoms with Crippen molar-refractivity contribution in [2.75, 3.05) is 10.7 Å². The molecule has 2 aromatic carbocycles. The van der Waals surface area contributed by atoms with Crippen LogP contribution in [-0.4, -0.2) is 10.7 Å². The Hall–Kier alpha value is -0.190. The van der Waals surface area contributed by atoms with Crippen molar-refractivity contribution in [2.45, 2.75) is 18.8 Å². The van der Waals surface area contributed by atoms with E-state index in [0.717, 1.165) is 22.6 Å². The summed E-state index contributed by atoms with van der Waals surface area (Å²) in [5, 5.41) is 1.61. The van der Waals surface area contributed by atoms with Gasteiger partial charge in [-0.2, -0.15) is 0 Å². The van der Waals surface area contributed by atoms with Crippen LogP contribution in [0.1, 0.15) is 16.7 Å². The first kappa shape index (κ1) is 17.2. The van der Waals surface area contributed by atoms with E-state index in [2.05, 4.69) is 79.0 Å². The highest BCUT2D eigenvalue weighted by atomic mass is 79.9. The van der Waals surface area contributed by atoms with E-state index < -0.39 is 0 Å². The maximum absolute atomic E-state index is 13.8. The predicted molar refractivity (Wildman–Crippen MR) is 98.2 cm³/mol. The van der Waals surface area contributed by atoms with Gasteiger partial charge in [-0.15, -0.1) is 0 Å². The van der Waals surface area contributed by atoms with Gasteiger partial charge in [-0.3, -0.25) is 0 Å². The van der Waals surface area contributed by atoms with Crippen LogP contribution in [0.25, 0.3) is 0 Å². The molecule has 21 heavy (non-hydrogen) atoms. The SMILES string of the molecule is Cc1cccc(C(CBr)(CBr)Cc2cccc(F)c2Br)c1. The van der Waals surface area contributed by atoms with E-state index in [0.29, 0.717) is 4.47 Å². The van der Waals surface area contributed by atoms with Gasteiger partial charge in [0, 0.05) is 16.1 Å². The molecule has 0 saturated carbocycles. The lowest BCUT2D eigenvalue weighted by molar-refractivity contribution is 0.544. The van der Waals surface area contributed by atoms with Crippen molar-refractivity contribution in [2.24, 2.45) is 0 Å². The second-order valence-corrected chi connectivity index (χ2v) is 7.22. The Balaban J connectivity index is 2.45. The Morgan fingerprint density at radius 1 is 1.05 bits per heavy atom. The first-order valence-electron chi connectivity index (χ1n) is 6.64. The van der Waals surface area contributed by atoms with Gasteiger partial charge in [0.15, 0.2) is 0 Å². The molecule has 0 amide bonds. The standard InChI is InChI=1S/C17H16Br3F/c1-12-4-2-6-14(8-12)17(10-18,11-19)9-13-5-3-7-15(21)16(13)20/h2-8H,9-11H2,1H3. The zero-order chi connectivity index (χ0) is 15.5. The molecule has 4 heteroatoms. The molecule has 0 radical (unpaired) electrons. The molecular formula is C17H16Br3F. The minimum Gasteiger partial charge on any atom is -0.206 e. The Morgan fingerprint density at radius 3 is 2.33 bits per heavy atom. The van der Waals surface area contributed by atoms with Crippen molar-refractivity contribution in [3.63, 3.8) is 0 Å². The first-order chi connectivity index (χ1) is 10.0. The summed E-state index contributed by atoms with van der Waals surface area (Å²) in [6.45, 7) is 2.09. The third-order valence-corrected chi connectivity index (χ3v) is 6.74. The number of hydrogen-bond donors (Lipinski definition) is 0. The minimum atomic E-state index is -0.213. The maximum Gasteiger partial charge on any atom is 0.137 e. The zero-order valence-corrected chi connectivity index (χ0v) is 16.4. The van der Waals surface area contributed by atoms with Gasteiger partial charge in [-0.1, -0.05) is 73.8 Å². The monoisotopic (exact) mass is 476 g/mol. The van der Waals surface area contributed by atoms with E-state index in [4.69, 9.17) is 0 Å². The first-order valence-corrected chi connectivity index (χ1v) is 9.68. The third-order valence-electron chi connectivity index (χ3n) is 3.70. The van der Waals surface area contributed by atoms with Crippen LogP contribution in [-0.2, 0) is 11.8 Å². The molecule has 0 aliphatic carbocycles. The number of aryl methyl sites for hydroxylation is 1. The van der Waals surface area contributed by atoms with Crippen LogP contribution in [0.3, 0.4) is 0 Å². The molecule has 0 N–H and O–H groups in total. The number of halogens is 4. The Kier molecular flexibility index (Phi) is 6.04. The van der Waals surface area contributed by atoms with E-state index in [-0.39, 0.29) is 11.2 Å². The summed E-state index contributed by atoms with van der Waals surface area (Å²) in [4.78, 5) is 0. The fraction of sp³-hybridized carbons (Fsp3) is 0.294. The van der Waals surface area contributed by atoms with Crippen molar-refractivity contribution in [1.29, 1.82) is 0 Å². The molecule has 0 fully saturated rings. The summed E-state index contributed by atoms with van der Waals surface area (Å²) in [5.41, 5.74) is 3.36. The summed E-state index contributed by atoms with van der Waals surface area (Å²) >= 11 is 10.7. The molecule has 0 nitrogen and oxygen atoms in total. The second kappa shape index (κ2) is 7.38. The average molecular weight is 479 g/mol. The summed E-state index contributed by atoms with van der Waals surface area (Å²) in [5.74, 6) is -0.213. The van der Waals surface area contributed by atoms with Crippen LogP contribution < -0.4 is 0 Å². The molecular weight excluding hydrogens is 463 g/mol. The van der Waals surface area contributed by atoms with Gasteiger partial charge < -0.3 is 0 Å². The molecule has 0 heterocycles. The Bertz CT molecular complexity index is 621. The van der Waals surface area contributed by atoms with Crippen LogP contribution in [0, 0.1) is 12.7 Å². The number of benzene rings is 2. The Morgan fingerprint density at radius 2 is 1.71 bits per heavy atom. The quantitative estimate of drug-likeness (QED) is 0.451. The molecule has 0 bridgehead atoms. The number of hydrogen-bond acceptors (Lipinski definition) is 0. The van der Waals surface area contributed by atoms with Crippen LogP contribution in [0.4, 0.5) is 4.39 Å². The van der Waals surface area contributed by atoms with Crippen molar-refractivity contribution in [1.82, 2.24) is 0 Å². The molecule has 0 aliphatic heterocycles. The van der Waals surface area contributed by atoms with Crippen molar-refractivity contribution in [3.8, 4) is 0 Å². The Labute approximate surface area is 150 Å². The van der Waals surface area contributed by atoms with Crippen LogP contribution in [0.2, 0.25) is 0 Å². The van der Waals surface area contributed by atoms with Gasteiger partial charge >= 0.3 is 0 Å². The molecule has 0 aromatic heterocycles. The lowest BCUT2D eigenvalue weighted by atomic mass is 9.78. The highest BCUT2D eigenvalue weighted by Gasteiger charge is 2.31. The van der Waals surface area contributed by atoms with E-state index in [9.17, 15) is 4.39 Å². The van der Waals surface area contributed by atoms with E-state index in [1.165, 1.54) is 17.2 Å². The van der Waals surface area contributed by atoms with Crippen LogP contribution in [0.15, 0.2) is 46.9 Å². The zero-order valence-electron chi connectivity index (χ0n) is 11.7. The lowest BCUT2D eigenvalue weighted by Gasteiger charge is -2.31. The maximum atomic E-state index is 13.8. The highest BCUT2D eigenvalue weighted by Crippen LogP contribution is 2.35. The smallest absolute Gasteiger partial charge is 0.137 e. The fourth-order valence-corrected chi connectivity index (χ4v) is 4.79. The average Bonchev–Trinajstić information content (AvgIpc) is 2.49. The molecule has 2 rings (SSSR count). The van der Waals surface area contributed by atoms with Gasteiger partial charge in [-0.05, 0) is 46.5 Å². The van der Waals surface area contributed by atoms with Crippen LogP contribution in [0.5, 0.6) is 0 Å². The third kappa shape index (κ3) is 3.77. The normalized spacial score (nSPS) is 11.7. The summed E-state index contributed by atoms with van der Waals surface area (Å²) in [6, 6.07) is 13.7. The largest absolute Gasteiger partial charge is 0.206 e. The molecule has 112 valence electrons. The highest BCUT2D eigenvalue weighted by molar-refractivity contribution is 9.10. The van der Waals surface area contributed by atoms with Gasteiger partial charge in [-0.25, -0.2) is 4.39 Å². The second-order valence-electron chi connectivity index (χ2n) is 5.31. The van der Waals surface area contributed by atoms with E-state index in [1.807, 2.05) is 6.07 Å². The molecule has 2 aromatic rings.